The van der Waals surface area contributed by atoms with Crippen LogP contribution in [0.2, 0.25) is 0 Å². The van der Waals surface area contributed by atoms with Gasteiger partial charge in [0.05, 0.1) is 23.1 Å². The molecule has 4 N–H and O–H groups in total. The number of thioether (sulfide) groups is 1. The number of carbonyl (C=O) groups is 1. The van der Waals surface area contributed by atoms with Gasteiger partial charge in [0, 0.05) is 11.3 Å². The van der Waals surface area contributed by atoms with E-state index in [9.17, 15) is 20.1 Å². The molecule has 1 aliphatic heterocycles. The quantitative estimate of drug-likeness (QED) is 0.624. The van der Waals surface area contributed by atoms with Crippen LogP contribution >= 0.6 is 11.8 Å². The fourth-order valence-electron chi connectivity index (χ4n) is 1.85. The first-order valence-electron chi connectivity index (χ1n) is 5.96. The predicted molar refractivity (Wildman–Crippen MR) is 73.5 cm³/mol. The van der Waals surface area contributed by atoms with Crippen LogP contribution in [0.4, 0.5) is 5.69 Å². The summed E-state index contributed by atoms with van der Waals surface area (Å²) in [5.74, 6) is 0.284. The van der Waals surface area contributed by atoms with Crippen LogP contribution in [0, 0.1) is 0 Å². The molecular weight excluding hydrogens is 266 g/mol. The first-order valence-corrected chi connectivity index (χ1v) is 6.95. The largest absolute Gasteiger partial charge is 0.508 e. The Kier molecular flexibility index (Phi) is 3.75. The fraction of sp³-hybridized carbons (Fsp3) is 0.462. The summed E-state index contributed by atoms with van der Waals surface area (Å²) in [6.07, 6.45) is -0.830. The molecule has 0 fully saturated rings. The van der Waals surface area contributed by atoms with Gasteiger partial charge >= 0.3 is 0 Å². The highest BCUT2D eigenvalue weighted by Gasteiger charge is 2.27. The van der Waals surface area contributed by atoms with Crippen molar-refractivity contribution >= 4 is 23.4 Å². The number of benzene rings is 1. The van der Waals surface area contributed by atoms with Crippen molar-refractivity contribution in [3.05, 3.63) is 17.7 Å². The zero-order valence-corrected chi connectivity index (χ0v) is 11.6. The molecule has 1 aromatic carbocycles. The van der Waals surface area contributed by atoms with Crippen LogP contribution in [0.15, 0.2) is 17.0 Å². The van der Waals surface area contributed by atoms with E-state index in [4.69, 9.17) is 0 Å². The minimum atomic E-state index is -1.25. The topological polar surface area (TPSA) is 89.8 Å². The number of hydrogen-bond acceptors (Lipinski definition) is 5. The Morgan fingerprint density at radius 2 is 2.16 bits per heavy atom. The molecule has 0 saturated carbocycles. The van der Waals surface area contributed by atoms with Crippen molar-refractivity contribution in [2.45, 2.75) is 36.9 Å². The van der Waals surface area contributed by atoms with E-state index < -0.39 is 11.7 Å². The SMILES string of the molecule is CC(C)(O)C(O)Cc1cc(O)cc2c1NC(=O)CS2. The number of hydrogen-bond donors (Lipinski definition) is 4. The maximum Gasteiger partial charge on any atom is 0.234 e. The lowest BCUT2D eigenvalue weighted by atomic mass is 9.94. The molecule has 6 heteroatoms. The Labute approximate surface area is 115 Å². The molecule has 0 radical (unpaired) electrons. The lowest BCUT2D eigenvalue weighted by molar-refractivity contribution is -0.113. The number of phenols is 1. The van der Waals surface area contributed by atoms with E-state index in [0.29, 0.717) is 17.0 Å². The van der Waals surface area contributed by atoms with Crippen molar-refractivity contribution in [1.82, 2.24) is 0 Å². The van der Waals surface area contributed by atoms with Gasteiger partial charge in [0.15, 0.2) is 0 Å². The third-order valence-electron chi connectivity index (χ3n) is 3.02. The summed E-state index contributed by atoms with van der Waals surface area (Å²) in [5, 5.41) is 32.1. The molecule has 1 unspecified atom stereocenters. The summed E-state index contributed by atoms with van der Waals surface area (Å²) in [5.41, 5.74) is -0.0167. The highest BCUT2D eigenvalue weighted by atomic mass is 32.2. The van der Waals surface area contributed by atoms with E-state index in [-0.39, 0.29) is 18.1 Å². The van der Waals surface area contributed by atoms with Crippen molar-refractivity contribution in [1.29, 1.82) is 0 Å². The van der Waals surface area contributed by atoms with Crippen LogP contribution in [-0.4, -0.2) is 38.7 Å². The average molecular weight is 283 g/mol. The van der Waals surface area contributed by atoms with Crippen LogP contribution in [0.1, 0.15) is 19.4 Å². The molecule has 1 amide bonds. The molecule has 104 valence electrons. The zero-order chi connectivity index (χ0) is 14.2. The maximum absolute atomic E-state index is 11.4. The van der Waals surface area contributed by atoms with Gasteiger partial charge in [-0.2, -0.15) is 0 Å². The van der Waals surface area contributed by atoms with Gasteiger partial charge < -0.3 is 20.6 Å². The molecule has 19 heavy (non-hydrogen) atoms. The number of nitrogens with one attached hydrogen (secondary N) is 1. The summed E-state index contributed by atoms with van der Waals surface area (Å²) >= 11 is 1.34. The predicted octanol–water partition coefficient (Wildman–Crippen LogP) is 1.11. The molecule has 0 spiro atoms. The Balaban J connectivity index is 2.35. The number of aliphatic hydroxyl groups excluding tert-OH is 1. The molecule has 0 bridgehead atoms. The minimum Gasteiger partial charge on any atom is -0.508 e. The number of amides is 1. The molecule has 0 saturated heterocycles. The van der Waals surface area contributed by atoms with Gasteiger partial charge in [0.1, 0.15) is 5.75 Å². The smallest absolute Gasteiger partial charge is 0.234 e. The molecule has 5 nitrogen and oxygen atoms in total. The van der Waals surface area contributed by atoms with Gasteiger partial charge in [-0.15, -0.1) is 11.8 Å². The van der Waals surface area contributed by atoms with Gasteiger partial charge in [-0.05, 0) is 31.5 Å². The second-order valence-electron chi connectivity index (χ2n) is 5.19. The average Bonchev–Trinajstić information content (AvgIpc) is 2.28. The highest BCUT2D eigenvalue weighted by Crippen LogP contribution is 2.38. The van der Waals surface area contributed by atoms with Gasteiger partial charge in [-0.1, -0.05) is 0 Å². The Morgan fingerprint density at radius 3 is 2.79 bits per heavy atom. The van der Waals surface area contributed by atoms with Crippen molar-refractivity contribution < 1.29 is 20.1 Å². The summed E-state index contributed by atoms with van der Waals surface area (Å²) in [4.78, 5) is 12.2. The Hall–Kier alpha value is -1.24. The summed E-state index contributed by atoms with van der Waals surface area (Å²) in [7, 11) is 0. The molecule has 0 aliphatic carbocycles. The first kappa shape index (κ1) is 14.2. The van der Waals surface area contributed by atoms with E-state index in [1.807, 2.05) is 0 Å². The van der Waals surface area contributed by atoms with Crippen molar-refractivity contribution in [2.24, 2.45) is 0 Å². The lowest BCUT2D eigenvalue weighted by Gasteiger charge is -2.27. The van der Waals surface area contributed by atoms with Gasteiger partial charge in [-0.25, -0.2) is 0 Å². The second-order valence-corrected chi connectivity index (χ2v) is 6.21. The first-order chi connectivity index (χ1) is 8.77. The molecular formula is C13H17NO4S. The van der Waals surface area contributed by atoms with E-state index >= 15 is 0 Å². The second kappa shape index (κ2) is 5.03. The minimum absolute atomic E-state index is 0.0837. The number of anilines is 1. The van der Waals surface area contributed by atoms with Crippen LogP contribution < -0.4 is 5.32 Å². The van der Waals surface area contributed by atoms with Crippen molar-refractivity contribution in [2.75, 3.05) is 11.1 Å². The molecule has 2 rings (SSSR count). The van der Waals surface area contributed by atoms with E-state index in [0.717, 1.165) is 4.90 Å². The van der Waals surface area contributed by atoms with Gasteiger partial charge in [0.25, 0.3) is 0 Å². The number of phenolic OH excluding ortho intramolecular Hbond substituents is 1. The molecule has 1 aliphatic rings. The van der Waals surface area contributed by atoms with Crippen molar-refractivity contribution in [3.63, 3.8) is 0 Å². The van der Waals surface area contributed by atoms with Crippen LogP contribution in [-0.2, 0) is 11.2 Å². The van der Waals surface area contributed by atoms with Crippen molar-refractivity contribution in [3.8, 4) is 5.75 Å². The third kappa shape index (κ3) is 3.20. The number of rotatable bonds is 3. The Bertz CT molecular complexity index is 510. The summed E-state index contributed by atoms with van der Waals surface area (Å²) in [6.45, 7) is 3.03. The monoisotopic (exact) mass is 283 g/mol. The van der Waals surface area contributed by atoms with Crippen LogP contribution in [0.5, 0.6) is 5.75 Å². The maximum atomic E-state index is 11.4. The number of fused-ring (bicyclic) bond motifs is 1. The number of aliphatic hydroxyl groups is 2. The van der Waals surface area contributed by atoms with E-state index in [1.165, 1.54) is 31.7 Å². The molecule has 0 aromatic heterocycles. The van der Waals surface area contributed by atoms with E-state index in [1.54, 1.807) is 6.07 Å². The fourth-order valence-corrected chi connectivity index (χ4v) is 2.74. The zero-order valence-electron chi connectivity index (χ0n) is 10.8. The van der Waals surface area contributed by atoms with Gasteiger partial charge in [-0.3, -0.25) is 4.79 Å². The Morgan fingerprint density at radius 1 is 1.47 bits per heavy atom. The third-order valence-corrected chi connectivity index (χ3v) is 4.06. The highest BCUT2D eigenvalue weighted by molar-refractivity contribution is 8.00. The molecule has 1 atom stereocenters. The summed E-state index contributed by atoms with van der Waals surface area (Å²) in [6, 6.07) is 3.08. The van der Waals surface area contributed by atoms with E-state index in [2.05, 4.69) is 5.32 Å². The molecule has 1 heterocycles. The standard InChI is InChI=1S/C13H17NO4S/c1-13(2,18)10(16)4-7-3-8(15)5-9-12(7)14-11(17)6-19-9/h3,5,10,15-16,18H,4,6H2,1-2H3,(H,14,17). The summed E-state index contributed by atoms with van der Waals surface area (Å²) < 4.78 is 0. The van der Waals surface area contributed by atoms with Gasteiger partial charge in [0.2, 0.25) is 5.91 Å². The van der Waals surface area contributed by atoms with Crippen LogP contribution in [0.3, 0.4) is 0 Å². The number of carbonyl (C=O) groups excluding carboxylic acids is 1. The molecule has 1 aromatic rings. The number of aromatic hydroxyl groups is 1. The normalized spacial score (nSPS) is 16.7. The lowest BCUT2D eigenvalue weighted by Crippen LogP contribution is -2.37. The van der Waals surface area contributed by atoms with Crippen LogP contribution in [0.25, 0.3) is 0 Å².